The molecular formula is C17H21N5O2S2. The van der Waals surface area contributed by atoms with Crippen molar-refractivity contribution in [3.63, 3.8) is 0 Å². The highest BCUT2D eigenvalue weighted by Gasteiger charge is 2.18. The molecule has 1 N–H and O–H groups in total. The van der Waals surface area contributed by atoms with Crippen LogP contribution in [0.4, 0.5) is 10.8 Å². The Kier molecular flexibility index (Phi) is 6.45. The van der Waals surface area contributed by atoms with Crippen molar-refractivity contribution >= 4 is 33.9 Å². The average Bonchev–Trinajstić information content (AvgIpc) is 3.30. The normalized spacial score (nSPS) is 12.1. The number of aryl methyl sites for hydroxylation is 1. The number of thioether (sulfide) groups is 1. The first-order chi connectivity index (χ1) is 12.7. The number of anilines is 2. The van der Waals surface area contributed by atoms with Gasteiger partial charge in [0.05, 0.1) is 18.0 Å². The van der Waals surface area contributed by atoms with Crippen molar-refractivity contribution in [1.29, 1.82) is 0 Å². The van der Waals surface area contributed by atoms with Crippen LogP contribution in [0.2, 0.25) is 0 Å². The first kappa shape index (κ1) is 18.7. The molecule has 1 unspecified atom stereocenters. The van der Waals surface area contributed by atoms with Gasteiger partial charge in [0.15, 0.2) is 10.2 Å². The summed E-state index contributed by atoms with van der Waals surface area (Å²) in [6.07, 6.45) is 3.03. The Balaban J connectivity index is 1.61. The first-order valence-corrected chi connectivity index (χ1v) is 10.1. The highest BCUT2D eigenvalue weighted by Crippen LogP contribution is 2.38. The van der Waals surface area contributed by atoms with Crippen molar-refractivity contribution in [3.05, 3.63) is 36.0 Å². The number of aromatic nitrogens is 4. The minimum Gasteiger partial charge on any atom is -0.495 e. The van der Waals surface area contributed by atoms with Gasteiger partial charge in [-0.05, 0) is 25.5 Å². The second kappa shape index (κ2) is 9.00. The predicted molar refractivity (Wildman–Crippen MR) is 103 cm³/mol. The summed E-state index contributed by atoms with van der Waals surface area (Å²) in [5.41, 5.74) is 0.855. The number of hydrogen-bond donors (Lipinski definition) is 1. The third-order valence-corrected chi connectivity index (χ3v) is 5.63. The molecule has 0 spiro atoms. The summed E-state index contributed by atoms with van der Waals surface area (Å²) >= 11 is 3.03. The van der Waals surface area contributed by atoms with Gasteiger partial charge in [-0.3, -0.25) is 0 Å². The molecule has 138 valence electrons. The Morgan fingerprint density at radius 3 is 2.96 bits per heavy atom. The van der Waals surface area contributed by atoms with E-state index in [1.54, 1.807) is 18.9 Å². The average molecular weight is 392 g/mol. The fourth-order valence-electron chi connectivity index (χ4n) is 2.24. The van der Waals surface area contributed by atoms with E-state index in [1.165, 1.54) is 11.3 Å². The van der Waals surface area contributed by atoms with Gasteiger partial charge < -0.3 is 14.6 Å². The van der Waals surface area contributed by atoms with Gasteiger partial charge in [-0.15, -0.1) is 10.2 Å². The van der Waals surface area contributed by atoms with Crippen molar-refractivity contribution in [2.75, 3.05) is 12.4 Å². The van der Waals surface area contributed by atoms with Crippen molar-refractivity contribution in [1.82, 2.24) is 20.3 Å². The second-order valence-electron chi connectivity index (χ2n) is 5.61. The van der Waals surface area contributed by atoms with Gasteiger partial charge in [0.2, 0.25) is 11.0 Å². The predicted octanol–water partition coefficient (Wildman–Crippen LogP) is 4.87. The van der Waals surface area contributed by atoms with Gasteiger partial charge in [0.1, 0.15) is 5.75 Å². The fourth-order valence-corrected chi connectivity index (χ4v) is 4.18. The quantitative estimate of drug-likeness (QED) is 0.517. The molecule has 0 aliphatic rings. The van der Waals surface area contributed by atoms with Gasteiger partial charge >= 0.3 is 0 Å². The van der Waals surface area contributed by atoms with Gasteiger partial charge in [0.25, 0.3) is 0 Å². The second-order valence-corrected chi connectivity index (χ2v) is 8.18. The van der Waals surface area contributed by atoms with E-state index in [2.05, 4.69) is 32.6 Å². The van der Waals surface area contributed by atoms with Crippen molar-refractivity contribution in [3.8, 4) is 5.75 Å². The summed E-state index contributed by atoms with van der Waals surface area (Å²) in [6.45, 7) is 4.17. The number of para-hydroxylation sites is 2. The molecule has 1 aromatic carbocycles. The number of unbranched alkanes of at least 4 members (excludes halogenated alkanes) is 1. The first-order valence-electron chi connectivity index (χ1n) is 8.42. The third kappa shape index (κ3) is 4.73. The van der Waals surface area contributed by atoms with Gasteiger partial charge in [0, 0.05) is 6.42 Å². The van der Waals surface area contributed by atoms with Crippen LogP contribution in [-0.4, -0.2) is 27.4 Å². The van der Waals surface area contributed by atoms with E-state index in [9.17, 15) is 0 Å². The zero-order valence-electron chi connectivity index (χ0n) is 14.9. The molecule has 0 saturated heterocycles. The van der Waals surface area contributed by atoms with E-state index in [-0.39, 0.29) is 5.25 Å². The van der Waals surface area contributed by atoms with Crippen LogP contribution in [0.3, 0.4) is 0 Å². The van der Waals surface area contributed by atoms with Crippen LogP contribution in [0, 0.1) is 0 Å². The van der Waals surface area contributed by atoms with Crippen molar-refractivity contribution in [2.45, 2.75) is 42.7 Å². The lowest BCUT2D eigenvalue weighted by Crippen LogP contribution is -1.93. The number of ether oxygens (including phenoxy) is 1. The van der Waals surface area contributed by atoms with Gasteiger partial charge in [-0.25, -0.2) is 0 Å². The number of benzene rings is 1. The zero-order chi connectivity index (χ0) is 18.4. The van der Waals surface area contributed by atoms with E-state index in [4.69, 9.17) is 9.26 Å². The highest BCUT2D eigenvalue weighted by atomic mass is 32.2. The van der Waals surface area contributed by atoms with E-state index in [0.717, 1.165) is 40.9 Å². The van der Waals surface area contributed by atoms with E-state index in [1.807, 2.05) is 31.2 Å². The Hall–Kier alpha value is -2.13. The van der Waals surface area contributed by atoms with Crippen LogP contribution >= 0.6 is 23.1 Å². The standard InChI is InChI=1S/C17H21N5O2S2/c1-4-5-10-14-19-15(24-22-14)11(2)25-17-21-20-16(26-17)18-12-8-6-7-9-13(12)23-3/h6-9,11H,4-5,10H2,1-3H3,(H,18,20). The van der Waals surface area contributed by atoms with Crippen molar-refractivity contribution in [2.24, 2.45) is 0 Å². The summed E-state index contributed by atoms with van der Waals surface area (Å²) < 4.78 is 11.5. The molecule has 3 aromatic rings. The van der Waals surface area contributed by atoms with E-state index < -0.39 is 0 Å². The van der Waals surface area contributed by atoms with Gasteiger partial charge in [-0.2, -0.15) is 4.98 Å². The Morgan fingerprint density at radius 2 is 2.15 bits per heavy atom. The monoisotopic (exact) mass is 391 g/mol. The minimum atomic E-state index is 0.0185. The molecule has 7 nitrogen and oxygen atoms in total. The summed E-state index contributed by atoms with van der Waals surface area (Å²) in [4.78, 5) is 4.47. The van der Waals surface area contributed by atoms with Crippen molar-refractivity contribution < 1.29 is 9.26 Å². The summed E-state index contributed by atoms with van der Waals surface area (Å²) in [5.74, 6) is 2.15. The number of hydrogen-bond acceptors (Lipinski definition) is 9. The van der Waals surface area contributed by atoms with Crippen LogP contribution in [0.25, 0.3) is 0 Å². The smallest absolute Gasteiger partial charge is 0.239 e. The molecule has 0 aliphatic heterocycles. The maximum Gasteiger partial charge on any atom is 0.239 e. The molecule has 0 bridgehead atoms. The van der Waals surface area contributed by atoms with Crippen LogP contribution in [-0.2, 0) is 6.42 Å². The molecule has 9 heteroatoms. The van der Waals surface area contributed by atoms with Gasteiger partial charge in [-0.1, -0.05) is 53.7 Å². The minimum absolute atomic E-state index is 0.0185. The molecule has 0 aliphatic carbocycles. The summed E-state index contributed by atoms with van der Waals surface area (Å²) in [5, 5.41) is 16.4. The van der Waals surface area contributed by atoms with E-state index in [0.29, 0.717) is 11.0 Å². The number of methoxy groups -OCH3 is 1. The maximum atomic E-state index is 5.37. The Labute approximate surface area is 160 Å². The van der Waals surface area contributed by atoms with Crippen LogP contribution in [0.5, 0.6) is 5.75 Å². The number of nitrogens with one attached hydrogen (secondary N) is 1. The number of nitrogens with zero attached hydrogens (tertiary/aromatic N) is 4. The zero-order valence-corrected chi connectivity index (χ0v) is 16.6. The molecule has 0 amide bonds. The molecule has 1 atom stereocenters. The maximum absolute atomic E-state index is 5.37. The van der Waals surface area contributed by atoms with Crippen LogP contribution in [0.1, 0.15) is 43.7 Å². The molecular weight excluding hydrogens is 370 g/mol. The highest BCUT2D eigenvalue weighted by molar-refractivity contribution is 8.01. The molecule has 3 rings (SSSR count). The molecule has 2 aromatic heterocycles. The Morgan fingerprint density at radius 1 is 1.31 bits per heavy atom. The Bertz CT molecular complexity index is 836. The largest absolute Gasteiger partial charge is 0.495 e. The topological polar surface area (TPSA) is 86.0 Å². The molecule has 2 heterocycles. The summed E-state index contributed by atoms with van der Waals surface area (Å²) in [7, 11) is 1.64. The van der Waals surface area contributed by atoms with E-state index >= 15 is 0 Å². The van der Waals surface area contributed by atoms with Crippen LogP contribution < -0.4 is 10.1 Å². The molecule has 26 heavy (non-hydrogen) atoms. The lowest BCUT2D eigenvalue weighted by molar-refractivity contribution is 0.374. The lowest BCUT2D eigenvalue weighted by Gasteiger charge is -2.07. The summed E-state index contributed by atoms with van der Waals surface area (Å²) in [6, 6.07) is 7.69. The molecule has 0 fully saturated rings. The van der Waals surface area contributed by atoms with Crippen LogP contribution in [0.15, 0.2) is 33.1 Å². The number of rotatable bonds is 9. The molecule has 0 radical (unpaired) electrons. The molecule has 0 saturated carbocycles. The SMILES string of the molecule is CCCCc1noc(C(C)Sc2nnc(Nc3ccccc3OC)s2)n1. The third-order valence-electron chi connectivity index (χ3n) is 3.62. The fraction of sp³-hybridized carbons (Fsp3) is 0.412. The lowest BCUT2D eigenvalue weighted by atomic mass is 10.2.